The summed E-state index contributed by atoms with van der Waals surface area (Å²) in [7, 11) is 0. The number of hydrogen-bond donors (Lipinski definition) is 0. The Kier molecular flexibility index (Phi) is 4.13. The van der Waals surface area contributed by atoms with Crippen LogP contribution in [0.4, 0.5) is 5.69 Å². The van der Waals surface area contributed by atoms with Crippen molar-refractivity contribution in [3.8, 4) is 0 Å². The van der Waals surface area contributed by atoms with Gasteiger partial charge in [0.15, 0.2) is 5.76 Å². The van der Waals surface area contributed by atoms with Crippen LogP contribution in [0.15, 0.2) is 59.0 Å². The lowest BCUT2D eigenvalue weighted by Crippen LogP contribution is -2.30. The minimum Gasteiger partial charge on any atom is -0.450 e. The van der Waals surface area contributed by atoms with Gasteiger partial charge in [-0.3, -0.25) is 9.78 Å². The molecule has 0 atom stereocenters. The van der Waals surface area contributed by atoms with Crippen molar-refractivity contribution in [3.63, 3.8) is 0 Å². The Balaban J connectivity index is 1.84. The van der Waals surface area contributed by atoms with Crippen molar-refractivity contribution in [2.75, 3.05) is 11.4 Å². The molecule has 0 N–H and O–H groups in total. The largest absolute Gasteiger partial charge is 0.450 e. The normalized spacial score (nSPS) is 11.2. The van der Waals surface area contributed by atoms with Gasteiger partial charge >= 0.3 is 0 Å². The highest BCUT2D eigenvalue weighted by molar-refractivity contribution is 6.31. The Morgan fingerprint density at radius 1 is 1.12 bits per heavy atom. The van der Waals surface area contributed by atoms with Crippen molar-refractivity contribution in [2.24, 2.45) is 0 Å². The third-order valence-corrected chi connectivity index (χ3v) is 4.69. The van der Waals surface area contributed by atoms with Gasteiger partial charge in [0.2, 0.25) is 0 Å². The van der Waals surface area contributed by atoms with Crippen molar-refractivity contribution in [3.05, 3.63) is 71.1 Å². The average molecular weight is 365 g/mol. The summed E-state index contributed by atoms with van der Waals surface area (Å²) in [5, 5.41) is 2.34. The number of rotatable bonds is 3. The highest BCUT2D eigenvalue weighted by atomic mass is 35.5. The molecule has 2 heterocycles. The quantitative estimate of drug-likeness (QED) is 0.474. The zero-order chi connectivity index (χ0) is 18.3. The molecule has 4 aromatic rings. The van der Waals surface area contributed by atoms with Crippen molar-refractivity contribution in [2.45, 2.75) is 13.8 Å². The number of para-hydroxylation sites is 1. The first-order valence-electron chi connectivity index (χ1n) is 8.45. The maximum Gasteiger partial charge on any atom is 0.294 e. The molecule has 0 saturated heterocycles. The molecule has 26 heavy (non-hydrogen) atoms. The second kappa shape index (κ2) is 6.46. The Bertz CT molecular complexity index is 1130. The SMILES string of the molecule is CCN(C(=O)c1cc2c(C)nc3ccccc3c2o1)c1cccc(Cl)c1. The molecule has 4 rings (SSSR count). The molecule has 0 fully saturated rings. The van der Waals surface area contributed by atoms with Crippen LogP contribution in [0.25, 0.3) is 21.9 Å². The lowest BCUT2D eigenvalue weighted by molar-refractivity contribution is 0.0964. The van der Waals surface area contributed by atoms with Crippen LogP contribution >= 0.6 is 11.6 Å². The summed E-state index contributed by atoms with van der Waals surface area (Å²) >= 11 is 6.08. The van der Waals surface area contributed by atoms with E-state index in [1.54, 1.807) is 23.1 Å². The van der Waals surface area contributed by atoms with Crippen LogP contribution in [0.1, 0.15) is 23.2 Å². The first-order valence-corrected chi connectivity index (χ1v) is 8.82. The van der Waals surface area contributed by atoms with Gasteiger partial charge in [-0.05, 0) is 50.2 Å². The number of carbonyl (C=O) groups is 1. The maximum absolute atomic E-state index is 13.1. The predicted octanol–water partition coefficient (Wildman–Crippen LogP) is 5.61. The summed E-state index contributed by atoms with van der Waals surface area (Å²) in [6, 6.07) is 16.8. The van der Waals surface area contributed by atoms with Gasteiger partial charge in [-0.1, -0.05) is 29.8 Å². The zero-order valence-corrected chi connectivity index (χ0v) is 15.2. The number of halogens is 1. The average Bonchev–Trinajstić information content (AvgIpc) is 3.09. The number of anilines is 1. The molecule has 0 unspecified atom stereocenters. The predicted molar refractivity (Wildman–Crippen MR) is 105 cm³/mol. The first kappa shape index (κ1) is 16.6. The van der Waals surface area contributed by atoms with Crippen LogP contribution in [-0.4, -0.2) is 17.4 Å². The Labute approximate surface area is 156 Å². The summed E-state index contributed by atoms with van der Waals surface area (Å²) in [4.78, 5) is 19.3. The second-order valence-corrected chi connectivity index (χ2v) is 6.53. The van der Waals surface area contributed by atoms with Crippen molar-refractivity contribution in [1.29, 1.82) is 0 Å². The molecule has 0 aliphatic carbocycles. The second-order valence-electron chi connectivity index (χ2n) is 6.10. The molecule has 0 aliphatic rings. The topological polar surface area (TPSA) is 46.3 Å². The minimum absolute atomic E-state index is 0.200. The van der Waals surface area contributed by atoms with Gasteiger partial charge in [-0.25, -0.2) is 0 Å². The van der Waals surface area contributed by atoms with E-state index in [9.17, 15) is 4.79 Å². The van der Waals surface area contributed by atoms with Gasteiger partial charge in [0.05, 0.1) is 5.52 Å². The summed E-state index contributed by atoms with van der Waals surface area (Å²) in [6.45, 7) is 4.35. The van der Waals surface area contributed by atoms with Gasteiger partial charge in [-0.2, -0.15) is 0 Å². The number of pyridine rings is 1. The summed E-state index contributed by atoms with van der Waals surface area (Å²) in [5.41, 5.74) is 3.13. The number of aryl methyl sites for hydroxylation is 1. The highest BCUT2D eigenvalue weighted by Gasteiger charge is 2.22. The lowest BCUT2D eigenvalue weighted by Gasteiger charge is -2.19. The molecule has 0 spiro atoms. The molecule has 0 aliphatic heterocycles. The van der Waals surface area contributed by atoms with Crippen molar-refractivity contribution in [1.82, 2.24) is 4.98 Å². The number of amides is 1. The van der Waals surface area contributed by atoms with E-state index in [0.29, 0.717) is 22.9 Å². The van der Waals surface area contributed by atoms with Crippen LogP contribution in [0.2, 0.25) is 5.02 Å². The molecule has 2 aromatic heterocycles. The molecule has 0 saturated carbocycles. The number of furan rings is 1. The number of benzene rings is 2. The van der Waals surface area contributed by atoms with Crippen LogP contribution < -0.4 is 4.90 Å². The van der Waals surface area contributed by atoms with Gasteiger partial charge in [0, 0.05) is 33.7 Å². The van der Waals surface area contributed by atoms with Crippen LogP contribution in [0.5, 0.6) is 0 Å². The monoisotopic (exact) mass is 364 g/mol. The summed E-state index contributed by atoms with van der Waals surface area (Å²) in [5.74, 6) is 0.0949. The van der Waals surface area contributed by atoms with Crippen LogP contribution in [0.3, 0.4) is 0 Å². The van der Waals surface area contributed by atoms with Crippen LogP contribution in [0, 0.1) is 6.92 Å². The van der Waals surface area contributed by atoms with Gasteiger partial charge in [0.25, 0.3) is 5.91 Å². The molecule has 4 nitrogen and oxygen atoms in total. The van der Waals surface area contributed by atoms with E-state index < -0.39 is 0 Å². The molecular formula is C21H17ClN2O2. The summed E-state index contributed by atoms with van der Waals surface area (Å²) < 4.78 is 5.99. The number of nitrogens with zero attached hydrogens (tertiary/aromatic N) is 2. The van der Waals surface area contributed by atoms with Gasteiger partial charge in [0.1, 0.15) is 5.58 Å². The third kappa shape index (κ3) is 2.72. The van der Waals surface area contributed by atoms with E-state index in [1.165, 1.54) is 0 Å². The molecule has 0 bridgehead atoms. The van der Waals surface area contributed by atoms with Crippen molar-refractivity contribution < 1.29 is 9.21 Å². The zero-order valence-electron chi connectivity index (χ0n) is 14.5. The number of aromatic nitrogens is 1. The molecule has 130 valence electrons. The standard InChI is InChI=1S/C21H17ClN2O2/c1-3-24(15-8-6-7-14(22)11-15)21(25)19-12-17-13(2)23-18-10-5-4-9-16(18)20(17)26-19/h4-12H,3H2,1-2H3. The minimum atomic E-state index is -0.200. The Hall–Kier alpha value is -2.85. The van der Waals surface area contributed by atoms with Crippen molar-refractivity contribution >= 4 is 45.1 Å². The Morgan fingerprint density at radius 2 is 1.92 bits per heavy atom. The lowest BCUT2D eigenvalue weighted by atomic mass is 10.1. The van der Waals surface area contributed by atoms with E-state index in [0.717, 1.165) is 27.7 Å². The fourth-order valence-corrected chi connectivity index (χ4v) is 3.37. The molecule has 0 radical (unpaired) electrons. The van der Waals surface area contributed by atoms with E-state index in [4.69, 9.17) is 16.0 Å². The van der Waals surface area contributed by atoms with E-state index in [1.807, 2.05) is 50.2 Å². The number of hydrogen-bond acceptors (Lipinski definition) is 3. The third-order valence-electron chi connectivity index (χ3n) is 4.45. The fraction of sp³-hybridized carbons (Fsp3) is 0.143. The van der Waals surface area contributed by atoms with E-state index in [2.05, 4.69) is 4.98 Å². The number of carbonyl (C=O) groups excluding carboxylic acids is 1. The van der Waals surface area contributed by atoms with Gasteiger partial charge < -0.3 is 9.32 Å². The smallest absolute Gasteiger partial charge is 0.294 e. The molecule has 1 amide bonds. The highest BCUT2D eigenvalue weighted by Crippen LogP contribution is 2.30. The first-order chi connectivity index (χ1) is 12.6. The Morgan fingerprint density at radius 3 is 2.69 bits per heavy atom. The van der Waals surface area contributed by atoms with Gasteiger partial charge in [-0.15, -0.1) is 0 Å². The van der Waals surface area contributed by atoms with E-state index >= 15 is 0 Å². The fourth-order valence-electron chi connectivity index (χ4n) is 3.19. The maximum atomic E-state index is 13.1. The van der Waals surface area contributed by atoms with E-state index in [-0.39, 0.29) is 5.91 Å². The summed E-state index contributed by atoms with van der Waals surface area (Å²) in [6.07, 6.45) is 0. The molecule has 5 heteroatoms. The number of fused-ring (bicyclic) bond motifs is 3. The van der Waals surface area contributed by atoms with Crippen LogP contribution in [-0.2, 0) is 0 Å². The molecular weight excluding hydrogens is 348 g/mol. The molecule has 2 aromatic carbocycles.